The molecule has 41 valence electrons. The second kappa shape index (κ2) is 4.57. The van der Waals surface area contributed by atoms with Crippen LogP contribution in [0, 0.1) is 0 Å². The first-order valence-electron chi connectivity index (χ1n) is 2.65. The quantitative estimate of drug-likeness (QED) is 0.368. The first-order chi connectivity index (χ1) is 3.77. The van der Waals surface area contributed by atoms with Crippen molar-refractivity contribution < 1.29 is 0 Å². The van der Waals surface area contributed by atoms with Gasteiger partial charge < -0.3 is 0 Å². The van der Waals surface area contributed by atoms with Gasteiger partial charge in [-0.15, -0.1) is 0 Å². The summed E-state index contributed by atoms with van der Waals surface area (Å²) in [7, 11) is 5.33. The van der Waals surface area contributed by atoms with Crippen molar-refractivity contribution in [1.82, 2.24) is 0 Å². The first-order valence-corrected chi connectivity index (χ1v) is 2.65. The average molecular weight is 105 g/mol. The van der Waals surface area contributed by atoms with Gasteiger partial charge in [0.05, 0.1) is 0 Å². The van der Waals surface area contributed by atoms with Gasteiger partial charge in [-0.3, -0.25) is 0 Å². The fourth-order valence-electron chi connectivity index (χ4n) is 0.318. The Balaban J connectivity index is 3.50. The summed E-state index contributed by atoms with van der Waals surface area (Å²) in [6, 6.07) is 0. The molecule has 0 fully saturated rings. The van der Waals surface area contributed by atoms with Gasteiger partial charge in [-0.05, 0) is 0 Å². The van der Waals surface area contributed by atoms with Gasteiger partial charge in [0.25, 0.3) is 0 Å². The number of hydrogen-bond acceptors (Lipinski definition) is 0. The molecule has 0 N–H and O–H groups in total. The molecule has 0 amide bonds. The summed E-state index contributed by atoms with van der Waals surface area (Å²) in [5, 5.41) is 0. The summed E-state index contributed by atoms with van der Waals surface area (Å²) >= 11 is 0. The first kappa shape index (κ1) is 7.41. The molecule has 0 heterocycles. The van der Waals surface area contributed by atoms with Crippen molar-refractivity contribution in [2.24, 2.45) is 0 Å². The van der Waals surface area contributed by atoms with Crippen LogP contribution in [0.1, 0.15) is 13.8 Å². The minimum absolute atomic E-state index is 0.836. The normalized spacial score (nSPS) is 11.1. The molecule has 0 rings (SSSR count). The monoisotopic (exact) mass is 105 g/mol. The molecular formula is C7H10B. The summed E-state index contributed by atoms with van der Waals surface area (Å²) < 4.78 is 0. The van der Waals surface area contributed by atoms with E-state index in [9.17, 15) is 0 Å². The van der Waals surface area contributed by atoms with Gasteiger partial charge in [0, 0.05) is 0 Å². The zero-order chi connectivity index (χ0) is 6.41. The third-order valence-corrected chi connectivity index (χ3v) is 0.663. The topological polar surface area (TPSA) is 0 Å². The van der Waals surface area contributed by atoms with Crippen LogP contribution in [0.25, 0.3) is 0 Å². The van der Waals surface area contributed by atoms with E-state index in [2.05, 4.69) is 0 Å². The third kappa shape index (κ3) is 5.41. The Morgan fingerprint density at radius 3 is 2.38 bits per heavy atom. The van der Waals surface area contributed by atoms with E-state index in [1.807, 2.05) is 38.2 Å². The molecule has 0 unspecified atom stereocenters. The molecule has 0 aliphatic heterocycles. The molecule has 0 atom stereocenters. The molecule has 8 heavy (non-hydrogen) atoms. The average Bonchev–Trinajstić information content (AvgIpc) is 1.66. The van der Waals surface area contributed by atoms with Crippen molar-refractivity contribution in [2.45, 2.75) is 13.8 Å². The van der Waals surface area contributed by atoms with Gasteiger partial charge >= 0.3 is 51.1 Å². The molecule has 0 spiro atoms. The number of hydrogen-bond donors (Lipinski definition) is 0. The summed E-state index contributed by atoms with van der Waals surface area (Å²) in [6.07, 6.45) is 7.67. The zero-order valence-electron chi connectivity index (χ0n) is 5.39. The Labute approximate surface area is 52.0 Å². The van der Waals surface area contributed by atoms with E-state index in [0.29, 0.717) is 0 Å². The van der Waals surface area contributed by atoms with E-state index in [1.165, 1.54) is 0 Å². The Morgan fingerprint density at radius 2 is 2.00 bits per heavy atom. The third-order valence-electron chi connectivity index (χ3n) is 0.663. The van der Waals surface area contributed by atoms with Crippen LogP contribution in [0.15, 0.2) is 24.3 Å². The summed E-state index contributed by atoms with van der Waals surface area (Å²) in [5.74, 6) is 0. The van der Waals surface area contributed by atoms with Gasteiger partial charge in [0.2, 0.25) is 0 Å². The van der Waals surface area contributed by atoms with E-state index in [0.717, 1.165) is 5.46 Å². The van der Waals surface area contributed by atoms with Crippen molar-refractivity contribution in [3.05, 3.63) is 24.3 Å². The molecule has 0 bridgehead atoms. The van der Waals surface area contributed by atoms with E-state index in [-0.39, 0.29) is 0 Å². The van der Waals surface area contributed by atoms with E-state index >= 15 is 0 Å². The Hall–Kier alpha value is -0.585. The van der Waals surface area contributed by atoms with Gasteiger partial charge in [-0.1, -0.05) is 0 Å². The van der Waals surface area contributed by atoms with Crippen LogP contribution in [0.4, 0.5) is 0 Å². The van der Waals surface area contributed by atoms with E-state index < -0.39 is 0 Å². The standard InChI is InChI=1S/C7H10B/c1-3-4-5-6-7(2)8/h3-6H,1-2H3/b4-3-,6-5-. The molecule has 0 aromatic heterocycles. The SMILES string of the molecule is [B]=C(C)/C=C\C=C/C. The van der Waals surface area contributed by atoms with Crippen LogP contribution in [-0.4, -0.2) is 13.0 Å². The molecule has 0 saturated heterocycles. The van der Waals surface area contributed by atoms with Crippen molar-refractivity contribution in [2.75, 3.05) is 0 Å². The van der Waals surface area contributed by atoms with Gasteiger partial charge in [-0.25, -0.2) is 0 Å². The van der Waals surface area contributed by atoms with Crippen LogP contribution in [-0.2, 0) is 0 Å². The van der Waals surface area contributed by atoms with Crippen molar-refractivity contribution in [1.29, 1.82) is 0 Å². The maximum atomic E-state index is 5.33. The summed E-state index contributed by atoms with van der Waals surface area (Å²) in [4.78, 5) is 0. The fourth-order valence-corrected chi connectivity index (χ4v) is 0.318. The van der Waals surface area contributed by atoms with Crippen LogP contribution >= 0.6 is 0 Å². The molecule has 0 aliphatic carbocycles. The van der Waals surface area contributed by atoms with Gasteiger partial charge in [-0.2, -0.15) is 0 Å². The summed E-state index contributed by atoms with van der Waals surface area (Å²) in [5.41, 5.74) is 0.836. The zero-order valence-corrected chi connectivity index (χ0v) is 5.39. The van der Waals surface area contributed by atoms with Crippen molar-refractivity contribution in [3.8, 4) is 0 Å². The van der Waals surface area contributed by atoms with Crippen LogP contribution in [0.3, 0.4) is 0 Å². The Morgan fingerprint density at radius 1 is 1.38 bits per heavy atom. The van der Waals surface area contributed by atoms with Gasteiger partial charge in [0.1, 0.15) is 0 Å². The predicted octanol–water partition coefficient (Wildman–Crippen LogP) is 1.48. The number of rotatable bonds is 2. The van der Waals surface area contributed by atoms with E-state index in [1.54, 1.807) is 0 Å². The minimum atomic E-state index is 0.836. The molecule has 0 nitrogen and oxygen atoms in total. The molecule has 1 radical (unpaired) electrons. The fraction of sp³-hybridized carbons (Fsp3) is 0.286. The van der Waals surface area contributed by atoms with Crippen LogP contribution in [0.2, 0.25) is 0 Å². The van der Waals surface area contributed by atoms with E-state index in [4.69, 9.17) is 7.49 Å². The predicted molar refractivity (Wildman–Crippen MR) is 40.4 cm³/mol. The molecule has 0 saturated carbocycles. The molecule has 0 aromatic rings. The van der Waals surface area contributed by atoms with Gasteiger partial charge in [0.15, 0.2) is 0 Å². The molecule has 1 heteroatoms. The Bertz CT molecular complexity index is 120. The summed E-state index contributed by atoms with van der Waals surface area (Å²) in [6.45, 7) is 3.83. The number of allylic oxidation sites excluding steroid dienone is 4. The van der Waals surface area contributed by atoms with Crippen LogP contribution in [0.5, 0.6) is 0 Å². The molecule has 0 aromatic carbocycles. The van der Waals surface area contributed by atoms with Crippen molar-refractivity contribution in [3.63, 3.8) is 0 Å². The molecular weight excluding hydrogens is 94.9 g/mol. The molecule has 0 aliphatic rings. The second-order valence-corrected chi connectivity index (χ2v) is 1.63. The van der Waals surface area contributed by atoms with Crippen molar-refractivity contribution >= 4 is 13.0 Å². The maximum absolute atomic E-state index is 5.33. The van der Waals surface area contributed by atoms with Crippen LogP contribution < -0.4 is 0 Å². The second-order valence-electron chi connectivity index (χ2n) is 1.63. The Kier molecular flexibility index (Phi) is 4.24.